The third kappa shape index (κ3) is 3.74. The van der Waals surface area contributed by atoms with Crippen molar-refractivity contribution in [3.05, 3.63) is 24.3 Å². The number of para-hydroxylation sites is 2. The molecular formula is C24H36N3O2+. The molecule has 5 aliphatic rings. The van der Waals surface area contributed by atoms with Gasteiger partial charge in [0.2, 0.25) is 0 Å². The first-order chi connectivity index (χ1) is 14.0. The number of phenolic OH excluding ortho intramolecular Hbond substituents is 1. The molecule has 1 atom stereocenters. The van der Waals surface area contributed by atoms with Crippen LogP contribution >= 0.6 is 0 Å². The van der Waals surface area contributed by atoms with Gasteiger partial charge in [0.1, 0.15) is 5.75 Å². The molecule has 6 rings (SSSR count). The summed E-state index contributed by atoms with van der Waals surface area (Å²) in [4.78, 5) is 16.4. The highest BCUT2D eigenvalue weighted by Crippen LogP contribution is 2.61. The highest BCUT2D eigenvalue weighted by Gasteiger charge is 2.53. The van der Waals surface area contributed by atoms with Crippen molar-refractivity contribution >= 4 is 11.6 Å². The molecule has 4 aliphatic carbocycles. The van der Waals surface area contributed by atoms with Crippen LogP contribution in [0, 0.1) is 23.2 Å². The highest BCUT2D eigenvalue weighted by molar-refractivity contribution is 5.77. The van der Waals surface area contributed by atoms with Gasteiger partial charge in [0.15, 0.2) is 6.54 Å². The zero-order chi connectivity index (χ0) is 20.0. The van der Waals surface area contributed by atoms with Crippen molar-refractivity contribution in [1.82, 2.24) is 5.32 Å². The first kappa shape index (κ1) is 19.2. The lowest BCUT2D eigenvalue weighted by Gasteiger charge is -2.59. The van der Waals surface area contributed by atoms with E-state index in [0.29, 0.717) is 23.8 Å². The summed E-state index contributed by atoms with van der Waals surface area (Å²) >= 11 is 0. The Morgan fingerprint density at radius 1 is 1.14 bits per heavy atom. The SMILES string of the molecule is C[C@H](NC(=O)C[NH+]1CCN(c2ccccc2O)CC1)C12CC3CC(CC(C3)C1)C2. The van der Waals surface area contributed by atoms with E-state index in [1.165, 1.54) is 43.4 Å². The van der Waals surface area contributed by atoms with Gasteiger partial charge >= 0.3 is 0 Å². The van der Waals surface area contributed by atoms with E-state index in [1.807, 2.05) is 18.2 Å². The summed E-state index contributed by atoms with van der Waals surface area (Å²) in [6, 6.07) is 7.85. The van der Waals surface area contributed by atoms with Crippen LogP contribution in [0.15, 0.2) is 24.3 Å². The van der Waals surface area contributed by atoms with Gasteiger partial charge < -0.3 is 20.2 Å². The molecule has 5 fully saturated rings. The van der Waals surface area contributed by atoms with Crippen LogP contribution in [0.4, 0.5) is 5.69 Å². The van der Waals surface area contributed by atoms with Crippen LogP contribution in [0.2, 0.25) is 0 Å². The summed E-state index contributed by atoms with van der Waals surface area (Å²) in [6.45, 7) is 6.48. The van der Waals surface area contributed by atoms with Gasteiger partial charge in [-0.3, -0.25) is 4.79 Å². The number of amides is 1. The molecule has 3 N–H and O–H groups in total. The molecule has 5 heteroatoms. The van der Waals surface area contributed by atoms with E-state index < -0.39 is 0 Å². The lowest BCUT2D eigenvalue weighted by atomic mass is 9.48. The first-order valence-corrected chi connectivity index (χ1v) is 11.7. The number of hydrogen-bond donors (Lipinski definition) is 3. The number of nitrogens with one attached hydrogen (secondary N) is 2. The number of aromatic hydroxyl groups is 1. The molecule has 0 spiro atoms. The van der Waals surface area contributed by atoms with Crippen LogP contribution in [0.5, 0.6) is 5.75 Å². The van der Waals surface area contributed by atoms with E-state index in [9.17, 15) is 9.90 Å². The van der Waals surface area contributed by atoms with Crippen LogP contribution in [0.1, 0.15) is 45.4 Å². The van der Waals surface area contributed by atoms with Crippen molar-refractivity contribution in [3.8, 4) is 5.75 Å². The second kappa shape index (κ2) is 7.50. The molecule has 4 bridgehead atoms. The first-order valence-electron chi connectivity index (χ1n) is 11.7. The van der Waals surface area contributed by atoms with Crippen molar-refractivity contribution in [2.75, 3.05) is 37.6 Å². The molecule has 1 aromatic rings. The lowest BCUT2D eigenvalue weighted by molar-refractivity contribution is -0.892. The zero-order valence-corrected chi connectivity index (χ0v) is 17.7. The van der Waals surface area contributed by atoms with Crippen LogP contribution in [0.3, 0.4) is 0 Å². The number of hydrogen-bond acceptors (Lipinski definition) is 3. The number of benzene rings is 1. The van der Waals surface area contributed by atoms with Crippen LogP contribution in [-0.2, 0) is 4.79 Å². The van der Waals surface area contributed by atoms with Gasteiger partial charge in [0.25, 0.3) is 5.91 Å². The highest BCUT2D eigenvalue weighted by atomic mass is 16.3. The molecule has 29 heavy (non-hydrogen) atoms. The predicted molar refractivity (Wildman–Crippen MR) is 114 cm³/mol. The summed E-state index contributed by atoms with van der Waals surface area (Å²) in [5.74, 6) is 3.34. The molecule has 0 unspecified atom stereocenters. The van der Waals surface area contributed by atoms with Gasteiger partial charge in [-0.15, -0.1) is 0 Å². The number of carbonyl (C=O) groups is 1. The third-order valence-corrected chi connectivity index (χ3v) is 8.49. The number of phenols is 1. The number of anilines is 1. The van der Waals surface area contributed by atoms with Crippen LogP contribution in [0.25, 0.3) is 0 Å². The van der Waals surface area contributed by atoms with E-state index in [2.05, 4.69) is 17.1 Å². The number of rotatable bonds is 5. The maximum atomic E-state index is 12.8. The average Bonchev–Trinajstić information content (AvgIpc) is 2.68. The van der Waals surface area contributed by atoms with E-state index in [4.69, 9.17) is 0 Å². The molecular weight excluding hydrogens is 362 g/mol. The monoisotopic (exact) mass is 398 g/mol. The topological polar surface area (TPSA) is 57.0 Å². The second-order valence-corrected chi connectivity index (χ2v) is 10.5. The van der Waals surface area contributed by atoms with Crippen molar-refractivity contribution < 1.29 is 14.8 Å². The van der Waals surface area contributed by atoms with Gasteiger partial charge in [0, 0.05) is 6.04 Å². The Labute approximate surface area is 174 Å². The maximum Gasteiger partial charge on any atom is 0.275 e. The van der Waals surface area contributed by atoms with Crippen molar-refractivity contribution in [1.29, 1.82) is 0 Å². The number of quaternary nitrogens is 1. The fraction of sp³-hybridized carbons (Fsp3) is 0.708. The average molecular weight is 399 g/mol. The fourth-order valence-corrected chi connectivity index (χ4v) is 7.35. The summed E-state index contributed by atoms with van der Waals surface area (Å²) < 4.78 is 0. The predicted octanol–water partition coefficient (Wildman–Crippen LogP) is 1.82. The zero-order valence-electron chi connectivity index (χ0n) is 17.7. The maximum absolute atomic E-state index is 12.8. The molecule has 158 valence electrons. The van der Waals surface area contributed by atoms with E-state index in [-0.39, 0.29) is 5.91 Å². The third-order valence-electron chi connectivity index (χ3n) is 8.49. The van der Waals surface area contributed by atoms with Gasteiger partial charge in [-0.2, -0.15) is 0 Å². The van der Waals surface area contributed by atoms with E-state index >= 15 is 0 Å². The molecule has 4 saturated carbocycles. The molecule has 1 aliphatic heterocycles. The van der Waals surface area contributed by atoms with Gasteiger partial charge in [-0.25, -0.2) is 0 Å². The van der Waals surface area contributed by atoms with Gasteiger partial charge in [-0.05, 0) is 80.8 Å². The quantitative estimate of drug-likeness (QED) is 0.709. The molecule has 0 aromatic heterocycles. The Morgan fingerprint density at radius 2 is 1.72 bits per heavy atom. The molecule has 5 nitrogen and oxygen atoms in total. The minimum absolute atomic E-state index is 0.222. The number of nitrogens with zero attached hydrogens (tertiary/aromatic N) is 1. The van der Waals surface area contributed by atoms with E-state index in [0.717, 1.165) is 49.6 Å². The lowest BCUT2D eigenvalue weighted by Crippen LogP contribution is -3.16. The summed E-state index contributed by atoms with van der Waals surface area (Å²) in [5.41, 5.74) is 1.29. The smallest absolute Gasteiger partial charge is 0.275 e. The van der Waals surface area contributed by atoms with Crippen molar-refractivity contribution in [2.24, 2.45) is 23.2 Å². The van der Waals surface area contributed by atoms with E-state index in [1.54, 1.807) is 6.07 Å². The summed E-state index contributed by atoms with van der Waals surface area (Å²) in [5, 5.41) is 13.5. The molecule has 0 radical (unpaired) electrons. The molecule has 1 aromatic carbocycles. The van der Waals surface area contributed by atoms with Crippen molar-refractivity contribution in [3.63, 3.8) is 0 Å². The fourth-order valence-electron chi connectivity index (χ4n) is 7.35. The Hall–Kier alpha value is -1.75. The molecule has 1 amide bonds. The minimum Gasteiger partial charge on any atom is -0.506 e. The van der Waals surface area contributed by atoms with Crippen LogP contribution in [-0.4, -0.2) is 49.8 Å². The standard InChI is InChI=1S/C24H35N3O2/c1-17(24-13-18-10-19(14-24)12-20(11-18)15-24)25-23(29)16-26-6-8-27(9-7-26)21-4-2-3-5-22(21)28/h2-5,17-20,28H,6-16H2,1H3,(H,25,29)/p+1/t17-,18?,19?,20?,24?/m0/s1. The Balaban J connectivity index is 1.13. The van der Waals surface area contributed by atoms with Crippen molar-refractivity contribution in [2.45, 2.75) is 51.5 Å². The Bertz CT molecular complexity index is 721. The second-order valence-electron chi connectivity index (χ2n) is 10.5. The van der Waals surface area contributed by atoms with Gasteiger partial charge in [0.05, 0.1) is 31.9 Å². The Kier molecular flexibility index (Phi) is 4.97. The summed E-state index contributed by atoms with van der Waals surface area (Å²) in [7, 11) is 0. The minimum atomic E-state index is 0.222. The van der Waals surface area contributed by atoms with Gasteiger partial charge in [-0.1, -0.05) is 12.1 Å². The normalized spacial score (nSPS) is 34.9. The largest absolute Gasteiger partial charge is 0.506 e. The number of carbonyl (C=O) groups excluding carboxylic acids is 1. The Morgan fingerprint density at radius 3 is 2.31 bits per heavy atom. The number of piperazine rings is 1. The molecule has 1 saturated heterocycles. The summed E-state index contributed by atoms with van der Waals surface area (Å²) in [6.07, 6.45) is 8.37. The van der Waals surface area contributed by atoms with Crippen LogP contribution < -0.4 is 15.1 Å². The molecule has 1 heterocycles.